The van der Waals surface area contributed by atoms with Crippen molar-refractivity contribution >= 4 is 54.5 Å². The van der Waals surface area contributed by atoms with Crippen molar-refractivity contribution in [2.75, 3.05) is 0 Å². The summed E-state index contributed by atoms with van der Waals surface area (Å²) in [5.74, 6) is 0. The van der Waals surface area contributed by atoms with Gasteiger partial charge in [0.05, 0.1) is 10.9 Å². The third-order valence-electron chi connectivity index (χ3n) is 10.2. The van der Waals surface area contributed by atoms with Crippen LogP contribution in [-0.2, 0) is 5.41 Å². The van der Waals surface area contributed by atoms with Crippen LogP contribution in [0.5, 0.6) is 0 Å². The van der Waals surface area contributed by atoms with Crippen molar-refractivity contribution in [2.45, 2.75) is 5.41 Å². The molecule has 2 heterocycles. The highest BCUT2D eigenvalue weighted by molar-refractivity contribution is 6.27. The van der Waals surface area contributed by atoms with Gasteiger partial charge in [-0.15, -0.1) is 0 Å². The predicted molar refractivity (Wildman–Crippen MR) is 177 cm³/mol. The molecule has 1 atom stereocenters. The molecule has 9 aromatic rings. The zero-order valence-electron chi connectivity index (χ0n) is 23.1. The van der Waals surface area contributed by atoms with Crippen LogP contribution in [0.4, 0.5) is 0 Å². The van der Waals surface area contributed by atoms with Crippen LogP contribution < -0.4 is 0 Å². The SMILES string of the molecule is c1ccc2c(c1)-c1c(c3[nH]c4ccccc4c3c3ccccc13)C21c2ccccc2-c2c1ccc1c2oc2ccccc21. The van der Waals surface area contributed by atoms with Crippen LogP contribution in [0.15, 0.2) is 138 Å². The minimum Gasteiger partial charge on any atom is -0.455 e. The van der Waals surface area contributed by atoms with Crippen LogP contribution in [0.2, 0.25) is 0 Å². The zero-order valence-corrected chi connectivity index (χ0v) is 23.1. The quantitative estimate of drug-likeness (QED) is 0.202. The molecule has 43 heavy (non-hydrogen) atoms. The lowest BCUT2D eigenvalue weighted by Crippen LogP contribution is -2.26. The molecule has 2 aromatic heterocycles. The van der Waals surface area contributed by atoms with Crippen LogP contribution in [-0.4, -0.2) is 4.98 Å². The van der Waals surface area contributed by atoms with E-state index in [1.807, 2.05) is 0 Å². The standard InChI is InChI=1S/C41H23NO/c1-2-13-25-24(12-1)35-27-14-3-7-17-30(27)41(38(35)39-36(25)29-16-5-9-19-33(29)42-39)31-18-8-4-15-28(31)37-32(41)22-21-26-23-11-6-10-20-34(23)43-40(26)37/h1-22,42H. The first-order valence-electron chi connectivity index (χ1n) is 15.0. The molecular weight excluding hydrogens is 522 g/mol. The van der Waals surface area contributed by atoms with E-state index in [-0.39, 0.29) is 0 Å². The topological polar surface area (TPSA) is 28.9 Å². The summed E-state index contributed by atoms with van der Waals surface area (Å²) in [6, 6.07) is 48.9. The number of furan rings is 1. The lowest BCUT2D eigenvalue weighted by molar-refractivity contribution is 0.669. The van der Waals surface area contributed by atoms with Crippen LogP contribution in [0.25, 0.3) is 76.8 Å². The van der Waals surface area contributed by atoms with Crippen molar-refractivity contribution in [3.05, 3.63) is 156 Å². The number of hydrogen-bond acceptors (Lipinski definition) is 1. The summed E-state index contributed by atoms with van der Waals surface area (Å²) in [6.45, 7) is 0. The Bertz CT molecular complexity index is 2690. The summed E-state index contributed by atoms with van der Waals surface area (Å²) < 4.78 is 6.73. The lowest BCUT2D eigenvalue weighted by Gasteiger charge is -2.31. The molecule has 0 amide bonds. The van der Waals surface area contributed by atoms with Crippen molar-refractivity contribution < 1.29 is 4.42 Å². The van der Waals surface area contributed by atoms with Gasteiger partial charge in [-0.05, 0) is 56.3 Å². The van der Waals surface area contributed by atoms with Gasteiger partial charge in [0.1, 0.15) is 11.2 Å². The number of hydrogen-bond donors (Lipinski definition) is 1. The maximum Gasteiger partial charge on any atom is 0.143 e. The van der Waals surface area contributed by atoms with E-state index in [2.05, 4.69) is 138 Å². The molecule has 198 valence electrons. The van der Waals surface area contributed by atoms with E-state index < -0.39 is 5.41 Å². The normalized spacial score (nSPS) is 16.5. The molecule has 2 nitrogen and oxygen atoms in total. The molecule has 2 heteroatoms. The molecule has 0 bridgehead atoms. The lowest BCUT2D eigenvalue weighted by atomic mass is 9.69. The number of H-pyrrole nitrogens is 1. The van der Waals surface area contributed by atoms with Gasteiger partial charge in [0.15, 0.2) is 0 Å². The molecule has 11 rings (SSSR count). The van der Waals surface area contributed by atoms with Crippen molar-refractivity contribution in [1.82, 2.24) is 4.98 Å². The molecule has 2 aliphatic rings. The van der Waals surface area contributed by atoms with Crippen LogP contribution in [0, 0.1) is 0 Å². The summed E-state index contributed by atoms with van der Waals surface area (Å²) in [4.78, 5) is 3.95. The second-order valence-corrected chi connectivity index (χ2v) is 12.0. The fraction of sp³-hybridized carbons (Fsp3) is 0.0244. The Morgan fingerprint density at radius 2 is 1.09 bits per heavy atom. The third kappa shape index (κ3) is 2.38. The Hall–Kier alpha value is -5.60. The Morgan fingerprint density at radius 3 is 1.91 bits per heavy atom. The van der Waals surface area contributed by atoms with E-state index in [0.717, 1.165) is 16.6 Å². The highest BCUT2D eigenvalue weighted by Gasteiger charge is 2.54. The molecule has 1 N–H and O–H groups in total. The van der Waals surface area contributed by atoms with E-state index in [1.54, 1.807) is 0 Å². The zero-order chi connectivity index (χ0) is 27.9. The van der Waals surface area contributed by atoms with Gasteiger partial charge in [-0.2, -0.15) is 0 Å². The molecule has 7 aromatic carbocycles. The number of fused-ring (bicyclic) bond motifs is 21. The smallest absolute Gasteiger partial charge is 0.143 e. The van der Waals surface area contributed by atoms with Crippen molar-refractivity contribution in [1.29, 1.82) is 0 Å². The average molecular weight is 546 g/mol. The Labute approximate surface area is 246 Å². The highest BCUT2D eigenvalue weighted by Crippen LogP contribution is 2.66. The molecule has 1 unspecified atom stereocenters. The van der Waals surface area contributed by atoms with Crippen LogP contribution in [0.1, 0.15) is 22.3 Å². The molecule has 0 saturated heterocycles. The summed E-state index contributed by atoms with van der Waals surface area (Å²) in [7, 11) is 0. The van der Waals surface area contributed by atoms with Gasteiger partial charge in [-0.3, -0.25) is 0 Å². The summed E-state index contributed by atoms with van der Waals surface area (Å²) in [5.41, 5.74) is 14.2. The number of benzene rings is 7. The maximum atomic E-state index is 6.73. The van der Waals surface area contributed by atoms with Crippen molar-refractivity contribution in [2.24, 2.45) is 0 Å². The Kier molecular flexibility index (Phi) is 3.81. The molecule has 0 saturated carbocycles. The maximum absolute atomic E-state index is 6.73. The van der Waals surface area contributed by atoms with Crippen LogP contribution >= 0.6 is 0 Å². The largest absolute Gasteiger partial charge is 0.455 e. The van der Waals surface area contributed by atoms with Gasteiger partial charge in [0.25, 0.3) is 0 Å². The molecule has 0 aliphatic heterocycles. The van der Waals surface area contributed by atoms with Gasteiger partial charge in [-0.25, -0.2) is 0 Å². The van der Waals surface area contributed by atoms with Gasteiger partial charge in [-0.1, -0.05) is 121 Å². The highest BCUT2D eigenvalue weighted by atomic mass is 16.3. The number of aromatic amines is 1. The fourth-order valence-electron chi connectivity index (χ4n) is 8.71. The summed E-state index contributed by atoms with van der Waals surface area (Å²) in [5, 5.41) is 7.49. The van der Waals surface area contributed by atoms with E-state index in [1.165, 1.54) is 82.5 Å². The minimum absolute atomic E-state index is 0.492. The number of nitrogens with one attached hydrogen (secondary N) is 1. The molecular formula is C41H23NO. The first kappa shape index (κ1) is 22.1. The van der Waals surface area contributed by atoms with E-state index >= 15 is 0 Å². The monoisotopic (exact) mass is 545 g/mol. The average Bonchev–Trinajstić information content (AvgIpc) is 3.79. The Morgan fingerprint density at radius 1 is 0.465 bits per heavy atom. The molecule has 0 radical (unpaired) electrons. The fourth-order valence-corrected chi connectivity index (χ4v) is 8.71. The van der Waals surface area contributed by atoms with E-state index in [4.69, 9.17) is 4.42 Å². The van der Waals surface area contributed by atoms with Gasteiger partial charge in [0.2, 0.25) is 0 Å². The van der Waals surface area contributed by atoms with Gasteiger partial charge >= 0.3 is 0 Å². The predicted octanol–water partition coefficient (Wildman–Crippen LogP) is 10.7. The van der Waals surface area contributed by atoms with E-state index in [9.17, 15) is 0 Å². The molecule has 0 fully saturated rings. The third-order valence-corrected chi connectivity index (χ3v) is 10.2. The number of para-hydroxylation sites is 2. The van der Waals surface area contributed by atoms with Crippen molar-refractivity contribution in [3.63, 3.8) is 0 Å². The first-order chi connectivity index (χ1) is 21.4. The second kappa shape index (κ2) is 7.42. The number of rotatable bonds is 0. The second-order valence-electron chi connectivity index (χ2n) is 12.0. The first-order valence-corrected chi connectivity index (χ1v) is 15.0. The minimum atomic E-state index is -0.492. The van der Waals surface area contributed by atoms with Gasteiger partial charge < -0.3 is 9.40 Å². The molecule has 1 spiro atoms. The van der Waals surface area contributed by atoms with E-state index in [0.29, 0.717) is 0 Å². The summed E-state index contributed by atoms with van der Waals surface area (Å²) in [6.07, 6.45) is 0. The summed E-state index contributed by atoms with van der Waals surface area (Å²) >= 11 is 0. The van der Waals surface area contributed by atoms with Crippen LogP contribution in [0.3, 0.4) is 0 Å². The van der Waals surface area contributed by atoms with Gasteiger partial charge in [0, 0.05) is 38.2 Å². The molecule has 2 aliphatic carbocycles. The number of aromatic nitrogens is 1. The Balaban J connectivity index is 1.44. The van der Waals surface area contributed by atoms with Crippen molar-refractivity contribution in [3.8, 4) is 22.3 Å².